The van der Waals surface area contributed by atoms with Crippen molar-refractivity contribution in [2.45, 2.75) is 51.0 Å². The van der Waals surface area contributed by atoms with Crippen LogP contribution in [-0.2, 0) is 32.7 Å². The Labute approximate surface area is 246 Å². The molecule has 0 rings (SSSR count). The predicted molar refractivity (Wildman–Crippen MR) is 160 cm³/mol. The minimum atomic E-state index is -1.50. The molecular formula is C24H51N3O10P2S. The smallest absolute Gasteiger partial charge is 0.230 e. The number of aliphatic hydroxyl groups excluding tert-OH is 2. The molecule has 0 radical (unpaired) electrons. The summed E-state index contributed by atoms with van der Waals surface area (Å²) < 4.78 is 20.8. The Morgan fingerprint density at radius 3 is 2.10 bits per heavy atom. The maximum absolute atomic E-state index is 11.9. The molecule has 6 N–H and O–H groups in total. The van der Waals surface area contributed by atoms with Crippen LogP contribution in [0.25, 0.3) is 0 Å². The number of thioether (sulfide) groups is 1. The first-order chi connectivity index (χ1) is 19.2. The number of carbonyl (C=O) groups is 3. The van der Waals surface area contributed by atoms with Crippen LogP contribution in [0.3, 0.4) is 0 Å². The molecule has 40 heavy (non-hydrogen) atoms. The van der Waals surface area contributed by atoms with E-state index in [1.807, 2.05) is 6.66 Å². The van der Waals surface area contributed by atoms with Gasteiger partial charge in [-0.15, -0.1) is 0 Å². The molecule has 0 heterocycles. The van der Waals surface area contributed by atoms with Gasteiger partial charge in [-0.1, -0.05) is 12.8 Å². The number of ether oxygens (including phenoxy) is 1. The first-order valence-electron chi connectivity index (χ1n) is 13.3. The number of hydrogen-bond donors (Lipinski definition) is 6. The summed E-state index contributed by atoms with van der Waals surface area (Å²) in [6.07, 6.45) is 4.33. The third-order valence-corrected chi connectivity index (χ3v) is 7.40. The van der Waals surface area contributed by atoms with Crippen LogP contribution in [-0.4, -0.2) is 124 Å². The first kappa shape index (κ1) is 41.5. The fraction of sp³-hybridized carbons (Fsp3) is 0.875. The van der Waals surface area contributed by atoms with E-state index < -0.39 is 22.9 Å². The van der Waals surface area contributed by atoms with Crippen LogP contribution < -0.4 is 16.0 Å². The molecule has 13 nitrogen and oxygen atoms in total. The summed E-state index contributed by atoms with van der Waals surface area (Å²) in [6, 6.07) is 0. The molecule has 0 fully saturated rings. The van der Waals surface area contributed by atoms with E-state index in [0.717, 1.165) is 32.8 Å². The number of nitrogens with one attached hydrogen (secondary N) is 3. The topological polar surface area (TPSA) is 185 Å². The monoisotopic (exact) mass is 635 g/mol. The molecule has 0 saturated carbocycles. The van der Waals surface area contributed by atoms with Gasteiger partial charge in [0.15, 0.2) is 16.8 Å². The van der Waals surface area contributed by atoms with E-state index in [-0.39, 0.29) is 49.7 Å². The summed E-state index contributed by atoms with van der Waals surface area (Å²) >= 11 is 1.39. The molecule has 0 aliphatic rings. The highest BCUT2D eigenvalue weighted by molar-refractivity contribution is 7.99. The number of carbonyl (C=O) groups excluding carboxylic acids is 3. The van der Waals surface area contributed by atoms with E-state index in [1.165, 1.54) is 18.4 Å². The number of hydrogen-bond acceptors (Lipinski definition) is 11. The highest BCUT2D eigenvalue weighted by Crippen LogP contribution is 2.31. The van der Waals surface area contributed by atoms with E-state index in [2.05, 4.69) is 16.0 Å². The maximum Gasteiger partial charge on any atom is 0.230 e. The minimum absolute atomic E-state index is 0.0118. The van der Waals surface area contributed by atoms with Crippen LogP contribution in [0, 0.1) is 0 Å². The lowest BCUT2D eigenvalue weighted by atomic mass is 10.2. The highest BCUT2D eigenvalue weighted by atomic mass is 32.2. The van der Waals surface area contributed by atoms with Crippen molar-refractivity contribution in [2.75, 3.05) is 85.1 Å². The average molecular weight is 636 g/mol. The van der Waals surface area contributed by atoms with Gasteiger partial charge < -0.3 is 49.4 Å². The van der Waals surface area contributed by atoms with Crippen LogP contribution in [0.2, 0.25) is 0 Å². The van der Waals surface area contributed by atoms with Crippen molar-refractivity contribution in [1.29, 1.82) is 0 Å². The van der Waals surface area contributed by atoms with Crippen molar-refractivity contribution in [3.8, 4) is 0 Å². The molecule has 3 unspecified atom stereocenters. The quantitative estimate of drug-likeness (QED) is 0.0595. The molecule has 238 valence electrons. The van der Waals surface area contributed by atoms with Gasteiger partial charge in [0.05, 0.1) is 25.6 Å². The molecule has 0 aromatic rings. The Morgan fingerprint density at radius 2 is 1.43 bits per heavy atom. The van der Waals surface area contributed by atoms with Gasteiger partial charge in [-0.05, 0) is 19.3 Å². The van der Waals surface area contributed by atoms with Crippen molar-refractivity contribution in [2.24, 2.45) is 0 Å². The molecule has 0 bridgehead atoms. The van der Waals surface area contributed by atoms with Crippen LogP contribution in [0.1, 0.15) is 44.9 Å². The summed E-state index contributed by atoms with van der Waals surface area (Å²) in [7, 11) is 0.390. The number of amides is 3. The standard InChI is InChI=1S/C23H47N3O9P2S.CH4O/c1-32-37(3)34-15-7-5-4-6-11-24-22(29)10-16-38-19-23(30)26-13-9-21(28)25-12-8-14-33-17-20(27)18-35-36(2)31;1-2/h20,27,31H,4-19H2,1-3H3,(H,24,29)(H,25,28)(H,26,30);2H,1H3. The van der Waals surface area contributed by atoms with Crippen molar-refractivity contribution in [1.82, 2.24) is 16.0 Å². The van der Waals surface area contributed by atoms with Gasteiger partial charge in [0.25, 0.3) is 0 Å². The molecule has 0 aliphatic heterocycles. The third-order valence-electron chi connectivity index (χ3n) is 4.86. The van der Waals surface area contributed by atoms with E-state index in [0.29, 0.717) is 44.9 Å². The Kier molecular flexibility index (Phi) is 32.4. The normalized spacial score (nSPS) is 13.0. The number of rotatable bonds is 26. The van der Waals surface area contributed by atoms with Crippen LogP contribution >= 0.6 is 28.5 Å². The average Bonchev–Trinajstić information content (AvgIpc) is 2.94. The molecule has 0 saturated heterocycles. The summed E-state index contributed by atoms with van der Waals surface area (Å²) in [5, 5.41) is 24.9. The zero-order chi connectivity index (χ0) is 30.4. The van der Waals surface area contributed by atoms with Gasteiger partial charge in [-0.2, -0.15) is 11.8 Å². The molecule has 0 aliphatic carbocycles. The SMILES string of the molecule is CO.COP(C)OCCCCCCNC(=O)CCSCC(=O)NCCC(=O)NCCCOCC(O)COP(C)O. The lowest BCUT2D eigenvalue weighted by Crippen LogP contribution is -2.32. The maximum atomic E-state index is 11.9. The van der Waals surface area contributed by atoms with Crippen LogP contribution in [0.4, 0.5) is 0 Å². The minimum Gasteiger partial charge on any atom is -0.400 e. The molecule has 3 atom stereocenters. The summed E-state index contributed by atoms with van der Waals surface area (Å²) in [6.45, 7) is 5.96. The van der Waals surface area contributed by atoms with Gasteiger partial charge >= 0.3 is 0 Å². The van der Waals surface area contributed by atoms with Gasteiger partial charge in [-0.25, -0.2) is 0 Å². The lowest BCUT2D eigenvalue weighted by molar-refractivity contribution is -0.122. The Bertz CT molecular complexity index is 627. The molecule has 16 heteroatoms. The zero-order valence-electron chi connectivity index (χ0n) is 24.4. The lowest BCUT2D eigenvalue weighted by Gasteiger charge is -2.12. The fourth-order valence-corrected chi connectivity index (χ4v) is 4.43. The van der Waals surface area contributed by atoms with Crippen LogP contribution in [0.5, 0.6) is 0 Å². The van der Waals surface area contributed by atoms with E-state index in [1.54, 1.807) is 7.11 Å². The van der Waals surface area contributed by atoms with Gasteiger partial charge in [0, 0.05) is 72.4 Å². The fourth-order valence-electron chi connectivity index (χ4n) is 2.79. The second-order valence-corrected chi connectivity index (χ2v) is 12.1. The highest BCUT2D eigenvalue weighted by Gasteiger charge is 2.08. The van der Waals surface area contributed by atoms with Gasteiger partial charge in [0.2, 0.25) is 17.7 Å². The zero-order valence-corrected chi connectivity index (χ0v) is 27.0. The van der Waals surface area contributed by atoms with E-state index >= 15 is 0 Å². The Hall–Kier alpha value is -0.660. The van der Waals surface area contributed by atoms with E-state index in [9.17, 15) is 19.5 Å². The number of unbranched alkanes of at least 4 members (excludes halogenated alkanes) is 3. The molecule has 0 spiro atoms. The summed E-state index contributed by atoms with van der Waals surface area (Å²) in [4.78, 5) is 44.6. The van der Waals surface area contributed by atoms with Crippen molar-refractivity contribution in [3.63, 3.8) is 0 Å². The Morgan fingerprint density at radius 1 is 0.800 bits per heavy atom. The second-order valence-electron chi connectivity index (χ2n) is 8.31. The molecular weight excluding hydrogens is 584 g/mol. The van der Waals surface area contributed by atoms with Gasteiger partial charge in [0.1, 0.15) is 6.10 Å². The van der Waals surface area contributed by atoms with Gasteiger partial charge in [-0.3, -0.25) is 14.4 Å². The van der Waals surface area contributed by atoms with Crippen LogP contribution in [0.15, 0.2) is 0 Å². The summed E-state index contributed by atoms with van der Waals surface area (Å²) in [5.41, 5.74) is 0. The largest absolute Gasteiger partial charge is 0.400 e. The second kappa shape index (κ2) is 31.3. The van der Waals surface area contributed by atoms with Crippen molar-refractivity contribution in [3.05, 3.63) is 0 Å². The van der Waals surface area contributed by atoms with Crippen molar-refractivity contribution >= 4 is 46.2 Å². The third kappa shape index (κ3) is 31.9. The molecule has 0 aromatic heterocycles. The summed E-state index contributed by atoms with van der Waals surface area (Å²) in [5.74, 6) is 0.455. The number of aliphatic hydroxyl groups is 2. The molecule has 0 aromatic carbocycles. The Balaban J connectivity index is 0. The first-order valence-corrected chi connectivity index (χ1v) is 17.7. The van der Waals surface area contributed by atoms with E-state index in [4.69, 9.17) is 28.3 Å². The molecule has 3 amide bonds. The predicted octanol–water partition coefficient (Wildman–Crippen LogP) is 1.34. The van der Waals surface area contributed by atoms with Crippen molar-refractivity contribution < 1.29 is 47.8 Å².